The molecule has 5 fully saturated rings. The van der Waals surface area contributed by atoms with Crippen LogP contribution >= 0.6 is 0 Å². The average molecular weight is 601 g/mol. The minimum absolute atomic E-state index is 0.0911. The highest BCUT2D eigenvalue weighted by Crippen LogP contribution is 2.48. The largest absolute Gasteiger partial charge is 0.381 e. The number of nitrogens with zero attached hydrogens (tertiary/aromatic N) is 3. The molecule has 4 aliphatic heterocycles. The molecular weight excluding hydrogens is 550 g/mol. The highest BCUT2D eigenvalue weighted by molar-refractivity contribution is 5.79. The molecule has 0 aromatic heterocycles. The fourth-order valence-electron chi connectivity index (χ4n) is 8.99. The Hall–Kier alpha value is -2.26. The Bertz CT molecular complexity index is 1100. The van der Waals surface area contributed by atoms with E-state index in [1.807, 2.05) is 18.2 Å². The van der Waals surface area contributed by atoms with Gasteiger partial charge in [0.2, 0.25) is 11.8 Å². The van der Waals surface area contributed by atoms with Crippen LogP contribution in [0.4, 0.5) is 13.6 Å². The first-order valence-electron chi connectivity index (χ1n) is 16.8. The van der Waals surface area contributed by atoms with Gasteiger partial charge in [0.05, 0.1) is 11.6 Å². The lowest BCUT2D eigenvalue weighted by molar-refractivity contribution is -0.130. The van der Waals surface area contributed by atoms with Crippen molar-refractivity contribution in [2.45, 2.75) is 120 Å². The van der Waals surface area contributed by atoms with Crippen LogP contribution in [-0.4, -0.2) is 89.1 Å². The van der Waals surface area contributed by atoms with Crippen LogP contribution in [0.15, 0.2) is 30.3 Å². The van der Waals surface area contributed by atoms with Crippen molar-refractivity contribution in [2.24, 2.45) is 11.8 Å². The molecule has 238 valence electrons. The van der Waals surface area contributed by atoms with Gasteiger partial charge in [-0.15, -0.1) is 0 Å². The van der Waals surface area contributed by atoms with Gasteiger partial charge in [0, 0.05) is 69.7 Å². The predicted octanol–water partition coefficient (Wildman–Crippen LogP) is 6.00. The number of hydrogen-bond acceptors (Lipinski definition) is 4. The topological polar surface area (TPSA) is 65.1 Å². The molecule has 2 unspecified atom stereocenters. The van der Waals surface area contributed by atoms with E-state index in [1.165, 1.54) is 0 Å². The summed E-state index contributed by atoms with van der Waals surface area (Å²) in [4.78, 5) is 34.0. The highest BCUT2D eigenvalue weighted by atomic mass is 19.3. The second-order valence-corrected chi connectivity index (χ2v) is 14.3. The summed E-state index contributed by atoms with van der Waals surface area (Å²) in [6, 6.07) is 11.1. The Morgan fingerprint density at radius 3 is 2.28 bits per heavy atom. The smallest absolute Gasteiger partial charge is 0.320 e. The molecule has 3 atom stereocenters. The summed E-state index contributed by atoms with van der Waals surface area (Å²) >= 11 is 0. The number of ether oxygens (including phenoxy) is 1. The number of nitrogens with one attached hydrogen (secondary N) is 1. The maximum Gasteiger partial charge on any atom is 0.320 e. The molecule has 1 saturated carbocycles. The summed E-state index contributed by atoms with van der Waals surface area (Å²) in [5.41, 5.74) is 0.948. The Kier molecular flexibility index (Phi) is 9.03. The number of halogens is 2. The summed E-state index contributed by atoms with van der Waals surface area (Å²) in [5, 5.41) is 3.26. The minimum atomic E-state index is -2.64. The van der Waals surface area contributed by atoms with Crippen molar-refractivity contribution in [1.82, 2.24) is 20.0 Å². The first-order chi connectivity index (χ1) is 20.6. The highest BCUT2D eigenvalue weighted by Gasteiger charge is 2.57. The van der Waals surface area contributed by atoms with Crippen LogP contribution in [0.2, 0.25) is 0 Å². The van der Waals surface area contributed by atoms with Crippen molar-refractivity contribution in [3.63, 3.8) is 0 Å². The van der Waals surface area contributed by atoms with Gasteiger partial charge >= 0.3 is 6.03 Å². The number of carbonyl (C=O) groups excluding carboxylic acids is 2. The van der Waals surface area contributed by atoms with Crippen LogP contribution in [0, 0.1) is 11.8 Å². The van der Waals surface area contributed by atoms with Crippen molar-refractivity contribution in [3.8, 4) is 0 Å². The zero-order valence-electron chi connectivity index (χ0n) is 26.0. The third-order valence-electron chi connectivity index (χ3n) is 11.1. The van der Waals surface area contributed by atoms with Crippen molar-refractivity contribution in [3.05, 3.63) is 35.9 Å². The normalized spacial score (nSPS) is 30.9. The Labute approximate surface area is 255 Å². The van der Waals surface area contributed by atoms with Crippen LogP contribution in [0.5, 0.6) is 0 Å². The number of piperidine rings is 1. The van der Waals surface area contributed by atoms with E-state index in [4.69, 9.17) is 4.74 Å². The molecule has 1 N–H and O–H groups in total. The maximum atomic E-state index is 13.8. The molecule has 9 heteroatoms. The predicted molar refractivity (Wildman–Crippen MR) is 162 cm³/mol. The van der Waals surface area contributed by atoms with Crippen molar-refractivity contribution < 1.29 is 23.1 Å². The van der Waals surface area contributed by atoms with Crippen molar-refractivity contribution >= 4 is 11.9 Å². The molecule has 0 radical (unpaired) electrons. The van der Waals surface area contributed by atoms with E-state index < -0.39 is 5.92 Å². The summed E-state index contributed by atoms with van der Waals surface area (Å²) in [5.74, 6) is -2.55. The first-order valence-corrected chi connectivity index (χ1v) is 16.8. The van der Waals surface area contributed by atoms with Gasteiger partial charge in [0.25, 0.3) is 0 Å². The number of carbonyl (C=O) groups is 2. The average Bonchev–Trinajstić information content (AvgIpc) is 3.39. The minimum Gasteiger partial charge on any atom is -0.381 e. The Morgan fingerprint density at radius 2 is 1.65 bits per heavy atom. The Balaban J connectivity index is 1.12. The molecule has 2 bridgehead atoms. The molecule has 6 rings (SSSR count). The second kappa shape index (κ2) is 12.6. The molecule has 43 heavy (non-hydrogen) atoms. The third kappa shape index (κ3) is 6.58. The van der Waals surface area contributed by atoms with E-state index in [-0.39, 0.29) is 61.2 Å². The van der Waals surface area contributed by atoms with Crippen molar-refractivity contribution in [2.75, 3.05) is 32.8 Å². The number of alkyl halides is 2. The lowest BCUT2D eigenvalue weighted by Gasteiger charge is -2.49. The second-order valence-electron chi connectivity index (χ2n) is 14.3. The molecule has 7 nitrogen and oxygen atoms in total. The van der Waals surface area contributed by atoms with Gasteiger partial charge in [-0.25, -0.2) is 13.6 Å². The quantitative estimate of drug-likeness (QED) is 0.378. The SMILES string of the molecule is CC(C)N1C(=O)N(CC2CCOCC2)CC12CC1CCC(C2)N1CC[C@H](NC(=O)C1CCC(F)(F)CC1)c1ccccc1. The number of hydrogen-bond donors (Lipinski definition) is 1. The molecule has 4 heterocycles. The van der Waals surface area contributed by atoms with E-state index >= 15 is 0 Å². The molecule has 1 aliphatic carbocycles. The lowest BCUT2D eigenvalue weighted by atomic mass is 9.81. The standard InChI is InChI=1S/C34H50F2N4O3/c1-24(2)40-32(42)38(22-25-13-18-43-19-14-25)23-33(40)20-28-8-9-29(21-33)39(28)17-12-30(26-6-4-3-5-7-26)37-31(41)27-10-15-34(35,36)16-11-27/h3-7,24-25,27-30H,8-23H2,1-2H3,(H,37,41)/t28?,29?,30-,33?/m0/s1. The molecular formula is C34H50F2N4O3. The summed E-state index contributed by atoms with van der Waals surface area (Å²) in [6.07, 6.45) is 7.20. The van der Waals surface area contributed by atoms with E-state index in [1.54, 1.807) is 0 Å². The molecule has 1 aromatic carbocycles. The van der Waals surface area contributed by atoms with Crippen molar-refractivity contribution in [1.29, 1.82) is 0 Å². The van der Waals surface area contributed by atoms with Gasteiger partial charge < -0.3 is 19.9 Å². The molecule has 1 spiro atoms. The number of fused-ring (bicyclic) bond motifs is 2. The van der Waals surface area contributed by atoms with E-state index in [0.717, 1.165) is 83.4 Å². The Morgan fingerprint density at radius 1 is 1.00 bits per heavy atom. The van der Waals surface area contributed by atoms with Crippen LogP contribution in [0.1, 0.15) is 96.1 Å². The van der Waals surface area contributed by atoms with E-state index in [0.29, 0.717) is 18.0 Å². The van der Waals surface area contributed by atoms with Crippen LogP contribution in [0.25, 0.3) is 0 Å². The van der Waals surface area contributed by atoms with Gasteiger partial charge in [0.15, 0.2) is 0 Å². The summed E-state index contributed by atoms with van der Waals surface area (Å²) < 4.78 is 33.0. The van der Waals surface area contributed by atoms with Crippen LogP contribution in [0.3, 0.4) is 0 Å². The lowest BCUT2D eigenvalue weighted by Crippen LogP contribution is -2.60. The number of rotatable bonds is 9. The van der Waals surface area contributed by atoms with E-state index in [2.05, 4.69) is 46.0 Å². The summed E-state index contributed by atoms with van der Waals surface area (Å²) in [7, 11) is 0. The fraction of sp³-hybridized carbons (Fsp3) is 0.765. The summed E-state index contributed by atoms with van der Waals surface area (Å²) in [6.45, 7) is 8.45. The van der Waals surface area contributed by atoms with Gasteiger partial charge in [0.1, 0.15) is 0 Å². The third-order valence-corrected chi connectivity index (χ3v) is 11.1. The van der Waals surface area contributed by atoms with Gasteiger partial charge in [-0.2, -0.15) is 0 Å². The van der Waals surface area contributed by atoms with Gasteiger partial charge in [-0.05, 0) is 83.1 Å². The maximum absolute atomic E-state index is 13.8. The zero-order chi connectivity index (χ0) is 30.2. The molecule has 3 amide bonds. The van der Waals surface area contributed by atoms with Crippen LogP contribution in [-0.2, 0) is 9.53 Å². The fourth-order valence-corrected chi connectivity index (χ4v) is 8.99. The first kappa shape index (κ1) is 30.8. The molecule has 5 aliphatic rings. The monoisotopic (exact) mass is 600 g/mol. The van der Waals surface area contributed by atoms with Gasteiger partial charge in [-0.3, -0.25) is 9.69 Å². The van der Waals surface area contributed by atoms with E-state index in [9.17, 15) is 18.4 Å². The van der Waals surface area contributed by atoms with Crippen LogP contribution < -0.4 is 5.32 Å². The number of benzene rings is 1. The zero-order valence-corrected chi connectivity index (χ0v) is 26.0. The molecule has 4 saturated heterocycles. The molecule has 1 aromatic rings. The van der Waals surface area contributed by atoms with Gasteiger partial charge in [-0.1, -0.05) is 30.3 Å². The number of amides is 3. The number of urea groups is 1.